The van der Waals surface area contributed by atoms with Crippen molar-refractivity contribution < 1.29 is 34.5 Å². The number of nitrogens with zero attached hydrogens (tertiary/aromatic N) is 1. The summed E-state index contributed by atoms with van der Waals surface area (Å²) in [6.45, 7) is 3.75. The van der Waals surface area contributed by atoms with Gasteiger partial charge in [-0.1, -0.05) is 79.0 Å². The van der Waals surface area contributed by atoms with Crippen LogP contribution in [-0.2, 0) is 21.8 Å². The van der Waals surface area contributed by atoms with Crippen molar-refractivity contribution in [2.75, 3.05) is 0 Å². The molecule has 1 nitrogen and oxygen atoms in total. The van der Waals surface area contributed by atoms with Crippen LogP contribution >= 0.6 is 23.5 Å². The van der Waals surface area contributed by atoms with E-state index in [1.54, 1.807) is 11.0 Å². The molecule has 4 aromatic rings. The van der Waals surface area contributed by atoms with Gasteiger partial charge in [0.2, 0.25) is 0 Å². The Kier molecular flexibility index (Phi) is 14.1. The largest absolute Gasteiger partial charge is 0.673 e. The van der Waals surface area contributed by atoms with Crippen molar-refractivity contribution in [3.05, 3.63) is 107 Å². The molecule has 0 unspecified atom stereocenters. The first kappa shape index (κ1) is 37.5. The van der Waals surface area contributed by atoms with E-state index in [1.165, 1.54) is 46.1 Å². The van der Waals surface area contributed by atoms with Crippen LogP contribution in [0.2, 0.25) is 0 Å². The molecule has 0 aliphatic carbocycles. The summed E-state index contributed by atoms with van der Waals surface area (Å²) in [4.78, 5) is 13.1. The standard InChI is InChI=1S/C29H24S4.C2H3N.2BF4/c1-2-11-21(33-28-18-9-5-14-24(28)31-25-15-6-10-19-29(25)33)20-32-26-16-7-3-12-22(26)30-23-13-4-8-17-27(23)32;1-2-3;2*2-1(3,4)5/h3-10,12-20H,2,11H2,1H3;1H3;;/q+2;;2*-1/b21-20+;;;. The molecule has 0 spiro atoms. The third kappa shape index (κ3) is 11.4. The number of benzene rings is 4. The number of allylic oxidation sites excluding steroid dienone is 1. The van der Waals surface area contributed by atoms with Gasteiger partial charge in [0, 0.05) is 13.3 Å². The van der Waals surface area contributed by atoms with Gasteiger partial charge in [0.15, 0.2) is 29.9 Å². The lowest BCUT2D eigenvalue weighted by atomic mass is 10.3. The fourth-order valence-electron chi connectivity index (χ4n) is 4.31. The van der Waals surface area contributed by atoms with Crippen LogP contribution in [0.15, 0.2) is 147 Å². The molecule has 0 N–H and O–H groups in total. The molecule has 0 amide bonds. The minimum atomic E-state index is -6.00. The third-order valence-electron chi connectivity index (χ3n) is 5.76. The number of rotatable bonds is 4. The van der Waals surface area contributed by atoms with Crippen LogP contribution in [-0.4, -0.2) is 14.5 Å². The van der Waals surface area contributed by atoms with Gasteiger partial charge in [0.25, 0.3) is 0 Å². The molecule has 0 aromatic heterocycles. The fourth-order valence-corrected chi connectivity index (χ4v) is 12.3. The average Bonchev–Trinajstić information content (AvgIpc) is 2.98. The first-order valence-corrected chi connectivity index (χ1v) is 17.8. The first-order chi connectivity index (χ1) is 21.7. The van der Waals surface area contributed by atoms with Crippen molar-refractivity contribution in [3.63, 3.8) is 0 Å². The lowest BCUT2D eigenvalue weighted by Crippen LogP contribution is -2.15. The molecule has 2 heterocycles. The molecule has 2 aliphatic rings. The fraction of sp³-hybridized carbons (Fsp3) is 0.129. The van der Waals surface area contributed by atoms with Gasteiger partial charge in [-0.25, -0.2) is 0 Å². The highest BCUT2D eigenvalue weighted by atomic mass is 32.2. The number of nitriles is 1. The van der Waals surface area contributed by atoms with Crippen LogP contribution in [0, 0.1) is 11.3 Å². The number of hydrogen-bond donors (Lipinski definition) is 0. The lowest BCUT2D eigenvalue weighted by molar-refractivity contribution is 0.366. The molecule has 242 valence electrons. The Morgan fingerprint density at radius 3 is 1.24 bits per heavy atom. The minimum absolute atomic E-state index is 0.0471. The summed E-state index contributed by atoms with van der Waals surface area (Å²) in [5.41, 5.74) is 0. The maximum Gasteiger partial charge on any atom is 0.673 e. The Hall–Kier alpha value is -2.92. The molecule has 46 heavy (non-hydrogen) atoms. The lowest BCUT2D eigenvalue weighted by Gasteiger charge is -2.21. The summed E-state index contributed by atoms with van der Waals surface area (Å²) in [6, 6.07) is 37.8. The summed E-state index contributed by atoms with van der Waals surface area (Å²) in [5.74, 6) is 0. The smallest absolute Gasteiger partial charge is 0.418 e. The van der Waals surface area contributed by atoms with Crippen molar-refractivity contribution in [2.45, 2.75) is 65.9 Å². The molecular weight excluding hydrogens is 688 g/mol. The van der Waals surface area contributed by atoms with E-state index in [-0.39, 0.29) is 21.8 Å². The molecule has 0 atom stereocenters. The van der Waals surface area contributed by atoms with Crippen LogP contribution in [0.4, 0.5) is 34.5 Å². The van der Waals surface area contributed by atoms with Gasteiger partial charge in [-0.15, -0.1) is 0 Å². The quantitative estimate of drug-likeness (QED) is 0.119. The monoisotopic (exact) mass is 715 g/mol. The maximum absolute atomic E-state index is 9.75. The van der Waals surface area contributed by atoms with Crippen LogP contribution in [0.25, 0.3) is 0 Å². The molecule has 2 aliphatic heterocycles. The van der Waals surface area contributed by atoms with Crippen molar-refractivity contribution in [1.29, 1.82) is 5.26 Å². The summed E-state index contributed by atoms with van der Waals surface area (Å²) < 4.78 is 78.0. The molecule has 0 fully saturated rings. The van der Waals surface area contributed by atoms with E-state index in [2.05, 4.69) is 109 Å². The molecule has 6 rings (SSSR count). The summed E-state index contributed by atoms with van der Waals surface area (Å²) >= 11 is 3.84. The molecule has 15 heteroatoms. The van der Waals surface area contributed by atoms with E-state index in [0.29, 0.717) is 0 Å². The predicted octanol–water partition coefficient (Wildman–Crippen LogP) is 12.2. The van der Waals surface area contributed by atoms with E-state index < -0.39 is 14.5 Å². The number of fused-ring (bicyclic) bond motifs is 4. The molecule has 4 aromatic carbocycles. The minimum Gasteiger partial charge on any atom is -0.418 e. The number of halogens is 8. The predicted molar refractivity (Wildman–Crippen MR) is 176 cm³/mol. The van der Waals surface area contributed by atoms with Crippen LogP contribution in [0.3, 0.4) is 0 Å². The van der Waals surface area contributed by atoms with Crippen molar-refractivity contribution in [3.8, 4) is 6.07 Å². The molecular formula is C31H27B2F8NS4. The van der Waals surface area contributed by atoms with Crippen LogP contribution < -0.4 is 0 Å². The number of hydrogen-bond acceptors (Lipinski definition) is 3. The normalized spacial score (nSPS) is 13.8. The van der Waals surface area contributed by atoms with E-state index in [9.17, 15) is 34.5 Å². The van der Waals surface area contributed by atoms with Gasteiger partial charge < -0.3 is 34.5 Å². The van der Waals surface area contributed by atoms with Crippen molar-refractivity contribution in [2.24, 2.45) is 0 Å². The zero-order chi connectivity index (χ0) is 33.9. The Morgan fingerprint density at radius 1 is 0.630 bits per heavy atom. The van der Waals surface area contributed by atoms with Gasteiger partial charge in [0.1, 0.15) is 10.9 Å². The summed E-state index contributed by atoms with van der Waals surface area (Å²) in [5, 5.41) is 9.97. The highest BCUT2D eigenvalue weighted by Gasteiger charge is 2.43. The van der Waals surface area contributed by atoms with Gasteiger partial charge >= 0.3 is 14.5 Å². The molecule has 0 saturated heterocycles. The zero-order valence-corrected chi connectivity index (χ0v) is 27.8. The highest BCUT2D eigenvalue weighted by molar-refractivity contribution is 8.07. The second-order valence-corrected chi connectivity index (χ2v) is 15.2. The second-order valence-electron chi connectivity index (χ2n) is 9.18. The van der Waals surface area contributed by atoms with Crippen molar-refractivity contribution >= 4 is 59.8 Å². The van der Waals surface area contributed by atoms with Crippen molar-refractivity contribution in [1.82, 2.24) is 0 Å². The SMILES string of the molecule is CC#N.CCC/C(=C\[S+]1c2ccccc2Sc2ccccc21)[S+]1c2ccccc2Sc2ccccc21.F[B-](F)(F)F.F[B-](F)(F)F. The topological polar surface area (TPSA) is 23.8 Å². The van der Waals surface area contributed by atoms with E-state index in [4.69, 9.17) is 5.26 Å². The molecule has 0 bridgehead atoms. The van der Waals surface area contributed by atoms with Gasteiger partial charge in [-0.3, -0.25) is 0 Å². The average molecular weight is 715 g/mol. The third-order valence-corrected chi connectivity index (χ3v) is 13.3. The zero-order valence-electron chi connectivity index (χ0n) is 24.5. The van der Waals surface area contributed by atoms with Crippen LogP contribution in [0.1, 0.15) is 26.7 Å². The van der Waals surface area contributed by atoms with E-state index >= 15 is 0 Å². The first-order valence-electron chi connectivity index (χ1n) is 13.7. The van der Waals surface area contributed by atoms with Gasteiger partial charge in [0.05, 0.1) is 36.5 Å². The maximum atomic E-state index is 9.75. The molecule has 0 saturated carbocycles. The Labute approximate surface area is 277 Å². The summed E-state index contributed by atoms with van der Waals surface area (Å²) in [6.07, 6.45) is 2.28. The van der Waals surface area contributed by atoms with Crippen LogP contribution in [0.5, 0.6) is 0 Å². The van der Waals surface area contributed by atoms with E-state index in [0.717, 1.165) is 12.8 Å². The molecule has 0 radical (unpaired) electrons. The van der Waals surface area contributed by atoms with Gasteiger partial charge in [-0.05, 0) is 55.0 Å². The second kappa shape index (κ2) is 17.3. The Morgan fingerprint density at radius 2 is 0.913 bits per heavy atom. The van der Waals surface area contributed by atoms with Gasteiger partial charge in [-0.2, -0.15) is 5.26 Å². The summed E-state index contributed by atoms with van der Waals surface area (Å²) in [7, 11) is -12.1. The van der Waals surface area contributed by atoms with E-state index in [1.807, 2.05) is 23.5 Å². The Balaban J connectivity index is 0.000000380. The Bertz CT molecular complexity index is 1560. The highest BCUT2D eigenvalue weighted by Crippen LogP contribution is 2.51.